The predicted octanol–water partition coefficient (Wildman–Crippen LogP) is 0.222. The Morgan fingerprint density at radius 2 is 1.67 bits per heavy atom. The Bertz CT molecular complexity index is 757. The maximum Gasteiger partial charge on any atom is 0.338 e. The summed E-state index contributed by atoms with van der Waals surface area (Å²) in [5.41, 5.74) is 0.576. The van der Waals surface area contributed by atoms with E-state index in [0.717, 1.165) is 35.5 Å². The minimum Gasteiger partial charge on any atom is -0.358 e. The van der Waals surface area contributed by atoms with Gasteiger partial charge < -0.3 is 9.80 Å². The summed E-state index contributed by atoms with van der Waals surface area (Å²) in [7, 11) is 0. The number of amides is 4. The van der Waals surface area contributed by atoms with Crippen LogP contribution in [0, 0.1) is 5.82 Å². The van der Waals surface area contributed by atoms with Gasteiger partial charge in [-0.2, -0.15) is 0 Å². The molecule has 27 heavy (non-hydrogen) atoms. The molecule has 2 saturated heterocycles. The first-order valence-electron chi connectivity index (χ1n) is 9.58. The van der Waals surface area contributed by atoms with Gasteiger partial charge in [-0.15, -0.1) is 0 Å². The number of anilines is 1. The van der Waals surface area contributed by atoms with Gasteiger partial charge in [-0.1, -0.05) is 25.0 Å². The third kappa shape index (κ3) is 3.29. The van der Waals surface area contributed by atoms with E-state index in [2.05, 4.69) is 0 Å². The summed E-state index contributed by atoms with van der Waals surface area (Å²) in [5.74, 6) is -1.64. The number of carbonyl (C=O) groups excluding carboxylic acids is 3. The number of hydrogen-bond donors (Lipinski definition) is 1. The lowest BCUT2D eigenvalue weighted by Crippen LogP contribution is -3.16. The lowest BCUT2D eigenvalue weighted by Gasteiger charge is -2.34. The number of halogens is 1. The van der Waals surface area contributed by atoms with Crippen molar-refractivity contribution in [3.8, 4) is 0 Å². The van der Waals surface area contributed by atoms with Crippen molar-refractivity contribution in [2.45, 2.75) is 31.7 Å². The van der Waals surface area contributed by atoms with Gasteiger partial charge in [-0.3, -0.25) is 14.5 Å². The summed E-state index contributed by atoms with van der Waals surface area (Å²) in [6, 6.07) is 6.07. The molecule has 144 valence electrons. The van der Waals surface area contributed by atoms with Gasteiger partial charge in [0, 0.05) is 6.04 Å². The van der Waals surface area contributed by atoms with Crippen LogP contribution in [-0.4, -0.2) is 66.5 Å². The van der Waals surface area contributed by atoms with E-state index < -0.39 is 17.8 Å². The second kappa shape index (κ2) is 7.26. The van der Waals surface area contributed by atoms with Crippen LogP contribution in [-0.2, 0) is 9.59 Å². The molecule has 1 N–H and O–H groups in total. The van der Waals surface area contributed by atoms with Crippen molar-refractivity contribution in [3.63, 3.8) is 0 Å². The molecule has 4 rings (SSSR count). The first-order valence-corrected chi connectivity index (χ1v) is 9.58. The Balaban J connectivity index is 1.37. The number of nitrogens with zero attached hydrogens (tertiary/aromatic N) is 3. The molecule has 3 fully saturated rings. The summed E-state index contributed by atoms with van der Waals surface area (Å²) in [6.45, 7) is 2.79. The molecule has 0 spiro atoms. The standard InChI is InChI=1S/C19H23FN4O3/c20-15-7-3-4-8-16(15)22-11-9-21(10-12-22)13-23-17(25)18(26)24(19(23)27)14-5-1-2-6-14/h3-4,7-8,14H,1-2,5-6,9-13H2/p+1. The number of quaternary nitrogens is 1. The van der Waals surface area contributed by atoms with Crippen LogP contribution < -0.4 is 9.80 Å². The van der Waals surface area contributed by atoms with Crippen LogP contribution in [0.5, 0.6) is 0 Å². The van der Waals surface area contributed by atoms with Crippen molar-refractivity contribution >= 4 is 23.5 Å². The molecule has 8 heteroatoms. The van der Waals surface area contributed by atoms with E-state index in [4.69, 9.17) is 0 Å². The summed E-state index contributed by atoms with van der Waals surface area (Å²) < 4.78 is 13.9. The SMILES string of the molecule is O=C1C(=O)N(C2CCCC2)C(=O)N1C[NH+]1CCN(c2ccccc2F)CC1. The largest absolute Gasteiger partial charge is 0.358 e. The fourth-order valence-corrected chi connectivity index (χ4v) is 4.30. The van der Waals surface area contributed by atoms with Crippen molar-refractivity contribution in [1.82, 2.24) is 9.80 Å². The van der Waals surface area contributed by atoms with Crippen LogP contribution in [0.15, 0.2) is 24.3 Å². The Hall–Kier alpha value is -2.48. The highest BCUT2D eigenvalue weighted by Crippen LogP contribution is 2.27. The number of urea groups is 1. The predicted molar refractivity (Wildman–Crippen MR) is 95.5 cm³/mol. The average molecular weight is 375 g/mol. The maximum atomic E-state index is 13.9. The van der Waals surface area contributed by atoms with Gasteiger partial charge in [-0.05, 0) is 25.0 Å². The second-order valence-electron chi connectivity index (χ2n) is 7.48. The van der Waals surface area contributed by atoms with E-state index in [9.17, 15) is 18.8 Å². The molecule has 0 bridgehead atoms. The zero-order valence-electron chi connectivity index (χ0n) is 15.2. The number of imide groups is 2. The molecule has 0 unspecified atom stereocenters. The third-order valence-electron chi connectivity index (χ3n) is 5.82. The Kier molecular flexibility index (Phi) is 4.82. The van der Waals surface area contributed by atoms with Gasteiger partial charge in [0.2, 0.25) is 0 Å². The van der Waals surface area contributed by atoms with E-state index in [1.165, 1.54) is 11.0 Å². The maximum absolute atomic E-state index is 13.9. The fraction of sp³-hybridized carbons (Fsp3) is 0.526. The first kappa shape index (κ1) is 17.9. The summed E-state index contributed by atoms with van der Waals surface area (Å²) >= 11 is 0. The van der Waals surface area contributed by atoms with Gasteiger partial charge in [0.1, 0.15) is 5.82 Å². The van der Waals surface area contributed by atoms with Crippen LogP contribution in [0.4, 0.5) is 14.9 Å². The van der Waals surface area contributed by atoms with Gasteiger partial charge >= 0.3 is 17.8 Å². The molecule has 1 saturated carbocycles. The monoisotopic (exact) mass is 375 g/mol. The van der Waals surface area contributed by atoms with Gasteiger partial charge in [0.15, 0.2) is 6.67 Å². The topological polar surface area (TPSA) is 65.4 Å². The fourth-order valence-electron chi connectivity index (χ4n) is 4.30. The lowest BCUT2D eigenvalue weighted by molar-refractivity contribution is -0.907. The van der Waals surface area contributed by atoms with Crippen molar-refractivity contribution in [1.29, 1.82) is 0 Å². The number of para-hydroxylation sites is 1. The molecule has 4 amide bonds. The second-order valence-corrected chi connectivity index (χ2v) is 7.48. The molecule has 1 aliphatic carbocycles. The molecule has 7 nitrogen and oxygen atoms in total. The molecule has 3 aliphatic rings. The Labute approximate surface area is 157 Å². The number of benzene rings is 1. The summed E-state index contributed by atoms with van der Waals surface area (Å²) in [5, 5.41) is 0. The first-order chi connectivity index (χ1) is 13.1. The molecule has 2 heterocycles. The minimum absolute atomic E-state index is 0.133. The van der Waals surface area contributed by atoms with Gasteiger partial charge in [0.05, 0.1) is 31.9 Å². The summed E-state index contributed by atoms with van der Waals surface area (Å²) in [4.78, 5) is 42.6. The number of carbonyl (C=O) groups is 3. The number of rotatable bonds is 4. The molecular weight excluding hydrogens is 351 g/mol. The zero-order valence-corrected chi connectivity index (χ0v) is 15.2. The van der Waals surface area contributed by atoms with E-state index >= 15 is 0 Å². The average Bonchev–Trinajstić information content (AvgIpc) is 3.26. The number of hydrogen-bond acceptors (Lipinski definition) is 4. The zero-order chi connectivity index (χ0) is 19.0. The van der Waals surface area contributed by atoms with Gasteiger partial charge in [-0.25, -0.2) is 14.1 Å². The van der Waals surface area contributed by atoms with E-state index in [1.807, 2.05) is 11.0 Å². The molecule has 1 aromatic rings. The van der Waals surface area contributed by atoms with Gasteiger partial charge in [0.25, 0.3) is 0 Å². The van der Waals surface area contributed by atoms with Crippen LogP contribution >= 0.6 is 0 Å². The van der Waals surface area contributed by atoms with Crippen LogP contribution in [0.1, 0.15) is 25.7 Å². The molecule has 1 aromatic carbocycles. The molecule has 0 aromatic heterocycles. The van der Waals surface area contributed by atoms with Crippen molar-refractivity contribution in [2.24, 2.45) is 0 Å². The van der Waals surface area contributed by atoms with Crippen LogP contribution in [0.25, 0.3) is 0 Å². The Morgan fingerprint density at radius 3 is 2.33 bits per heavy atom. The minimum atomic E-state index is -0.712. The highest BCUT2D eigenvalue weighted by Gasteiger charge is 2.49. The molecule has 0 radical (unpaired) electrons. The smallest absolute Gasteiger partial charge is 0.338 e. The van der Waals surface area contributed by atoms with E-state index in [0.29, 0.717) is 31.9 Å². The van der Waals surface area contributed by atoms with Crippen molar-refractivity contribution in [2.75, 3.05) is 37.7 Å². The highest BCUT2D eigenvalue weighted by molar-refractivity contribution is 6.44. The van der Waals surface area contributed by atoms with Crippen molar-refractivity contribution < 1.29 is 23.7 Å². The normalized spacial score (nSPS) is 22.4. The Morgan fingerprint density at radius 1 is 1.00 bits per heavy atom. The third-order valence-corrected chi connectivity index (χ3v) is 5.82. The highest BCUT2D eigenvalue weighted by atomic mass is 19.1. The molecule has 0 atom stereocenters. The quantitative estimate of drug-likeness (QED) is 0.604. The van der Waals surface area contributed by atoms with Crippen LogP contribution in [0.2, 0.25) is 0 Å². The number of piperazine rings is 1. The van der Waals surface area contributed by atoms with Crippen LogP contribution in [0.3, 0.4) is 0 Å². The lowest BCUT2D eigenvalue weighted by atomic mass is 10.2. The van der Waals surface area contributed by atoms with Crippen molar-refractivity contribution in [3.05, 3.63) is 30.1 Å². The molecule has 2 aliphatic heterocycles. The summed E-state index contributed by atoms with van der Waals surface area (Å²) in [6.07, 6.45) is 3.54. The number of nitrogens with one attached hydrogen (secondary N) is 1. The van der Waals surface area contributed by atoms with E-state index in [-0.39, 0.29) is 18.5 Å². The molecular formula is C19H24FN4O3+. The van der Waals surface area contributed by atoms with E-state index in [1.54, 1.807) is 12.1 Å².